The number of aryl methyl sites for hydroxylation is 3. The van der Waals surface area contributed by atoms with E-state index in [0.29, 0.717) is 56.8 Å². The normalized spacial score (nSPS) is 15.3. The minimum atomic E-state index is -0.561. The van der Waals surface area contributed by atoms with E-state index >= 15 is 0 Å². The third-order valence-electron chi connectivity index (χ3n) is 4.74. The van der Waals surface area contributed by atoms with E-state index in [-0.39, 0.29) is 18.2 Å². The molecule has 1 amide bonds. The van der Waals surface area contributed by atoms with Crippen LogP contribution in [0.25, 0.3) is 0 Å². The number of rotatable bonds is 6. The molecule has 0 aliphatic carbocycles. The summed E-state index contributed by atoms with van der Waals surface area (Å²) in [4.78, 5) is 24.7. The van der Waals surface area contributed by atoms with Crippen LogP contribution < -0.4 is 5.32 Å². The van der Waals surface area contributed by atoms with Gasteiger partial charge in [0.1, 0.15) is 5.69 Å². The Kier molecular flexibility index (Phi) is 7.34. The van der Waals surface area contributed by atoms with E-state index in [4.69, 9.17) is 9.47 Å². The molecule has 10 heteroatoms. The molecular weight excluding hydrogens is 378 g/mol. The lowest BCUT2D eigenvalue weighted by atomic mass is 10.1. The van der Waals surface area contributed by atoms with Crippen molar-refractivity contribution in [1.82, 2.24) is 25.4 Å². The van der Waals surface area contributed by atoms with Crippen LogP contribution in [0.4, 0.5) is 0 Å². The van der Waals surface area contributed by atoms with E-state index in [1.54, 1.807) is 6.92 Å². The molecule has 0 aromatic carbocycles. The highest BCUT2D eigenvalue weighted by Crippen LogP contribution is 2.19. The quantitative estimate of drug-likeness (QED) is 0.566. The van der Waals surface area contributed by atoms with Gasteiger partial charge in [-0.1, -0.05) is 12.1 Å². The average molecular weight is 405 g/mol. The Bertz CT molecular complexity index is 844. The van der Waals surface area contributed by atoms with Crippen molar-refractivity contribution < 1.29 is 23.7 Å². The number of aromatic nitrogens is 4. The SMILES string of the molecule is CCc1nn(CCCOC(=O)c2nonc2C)c2c1C(=O)NCCCOCCC2. The molecule has 3 rings (SSSR count). The van der Waals surface area contributed by atoms with E-state index in [1.165, 1.54) is 0 Å². The maximum absolute atomic E-state index is 12.7. The summed E-state index contributed by atoms with van der Waals surface area (Å²) in [7, 11) is 0. The number of hydrogen-bond acceptors (Lipinski definition) is 8. The van der Waals surface area contributed by atoms with Gasteiger partial charge < -0.3 is 14.8 Å². The summed E-state index contributed by atoms with van der Waals surface area (Å²) in [6, 6.07) is 0. The van der Waals surface area contributed by atoms with Gasteiger partial charge >= 0.3 is 5.97 Å². The van der Waals surface area contributed by atoms with Gasteiger partial charge in [-0.2, -0.15) is 5.10 Å². The van der Waals surface area contributed by atoms with Crippen molar-refractivity contribution in [2.45, 2.75) is 52.5 Å². The van der Waals surface area contributed by atoms with Gasteiger partial charge in [0.25, 0.3) is 5.91 Å². The molecule has 3 heterocycles. The zero-order valence-electron chi connectivity index (χ0n) is 16.9. The van der Waals surface area contributed by atoms with Gasteiger partial charge in [-0.05, 0) is 37.8 Å². The maximum Gasteiger partial charge on any atom is 0.362 e. The van der Waals surface area contributed by atoms with E-state index in [0.717, 1.165) is 24.2 Å². The standard InChI is InChI=1S/C19H27N5O5/c1-3-14-16-15(7-4-10-27-11-5-8-20-18(16)25)24(21-14)9-6-12-28-19(26)17-13(2)22-29-23-17/h3-12H2,1-2H3,(H,20,25). The van der Waals surface area contributed by atoms with Gasteiger partial charge in [-0.3, -0.25) is 9.48 Å². The Labute approximate surface area is 168 Å². The van der Waals surface area contributed by atoms with Gasteiger partial charge in [0, 0.05) is 32.7 Å². The molecule has 1 N–H and O–H groups in total. The Morgan fingerprint density at radius 1 is 1.28 bits per heavy atom. The predicted octanol–water partition coefficient (Wildman–Crippen LogP) is 1.47. The fourth-order valence-electron chi connectivity index (χ4n) is 3.27. The first-order valence-electron chi connectivity index (χ1n) is 10.0. The van der Waals surface area contributed by atoms with Crippen molar-refractivity contribution in [3.63, 3.8) is 0 Å². The smallest absolute Gasteiger partial charge is 0.362 e. The van der Waals surface area contributed by atoms with Crippen LogP contribution in [0.2, 0.25) is 0 Å². The number of amides is 1. The van der Waals surface area contributed by atoms with Crippen molar-refractivity contribution in [3.05, 3.63) is 28.3 Å². The van der Waals surface area contributed by atoms with Crippen LogP contribution in [0.3, 0.4) is 0 Å². The molecule has 10 nitrogen and oxygen atoms in total. The Morgan fingerprint density at radius 2 is 2.10 bits per heavy atom. The van der Waals surface area contributed by atoms with Crippen LogP contribution in [0, 0.1) is 6.92 Å². The molecule has 0 unspecified atom stereocenters. The summed E-state index contributed by atoms with van der Waals surface area (Å²) < 4.78 is 17.2. The van der Waals surface area contributed by atoms with Crippen LogP contribution in [0.15, 0.2) is 4.63 Å². The molecule has 0 radical (unpaired) electrons. The Morgan fingerprint density at radius 3 is 2.86 bits per heavy atom. The lowest BCUT2D eigenvalue weighted by Crippen LogP contribution is -2.26. The molecule has 0 bridgehead atoms. The number of nitrogens with one attached hydrogen (secondary N) is 1. The van der Waals surface area contributed by atoms with Crippen LogP contribution in [0.1, 0.15) is 64.1 Å². The number of nitrogens with zero attached hydrogens (tertiary/aromatic N) is 4. The Hall–Kier alpha value is -2.75. The molecule has 0 fully saturated rings. The zero-order valence-corrected chi connectivity index (χ0v) is 16.9. The molecule has 1 aliphatic heterocycles. The van der Waals surface area contributed by atoms with E-state index in [9.17, 15) is 9.59 Å². The first-order valence-corrected chi connectivity index (χ1v) is 10.0. The highest BCUT2D eigenvalue weighted by Gasteiger charge is 2.23. The van der Waals surface area contributed by atoms with Gasteiger partial charge in [0.15, 0.2) is 0 Å². The first kappa shape index (κ1) is 21.0. The largest absolute Gasteiger partial charge is 0.461 e. The number of carbonyl (C=O) groups is 2. The number of carbonyl (C=O) groups excluding carboxylic acids is 2. The molecule has 0 atom stereocenters. The van der Waals surface area contributed by atoms with Crippen LogP contribution in [-0.2, 0) is 28.9 Å². The van der Waals surface area contributed by atoms with Crippen molar-refractivity contribution in [1.29, 1.82) is 0 Å². The lowest BCUT2D eigenvalue weighted by Gasteiger charge is -2.10. The summed E-state index contributed by atoms with van der Waals surface area (Å²) in [5, 5.41) is 14.7. The van der Waals surface area contributed by atoms with Crippen molar-refractivity contribution in [2.75, 3.05) is 26.4 Å². The fraction of sp³-hybridized carbons (Fsp3) is 0.632. The number of fused-ring (bicyclic) bond motifs is 1. The molecule has 2 aromatic heterocycles. The maximum atomic E-state index is 12.7. The molecular formula is C19H27N5O5. The van der Waals surface area contributed by atoms with E-state index < -0.39 is 5.97 Å². The summed E-state index contributed by atoms with van der Waals surface area (Å²) in [6.07, 6.45) is 3.56. The minimum absolute atomic E-state index is 0.0783. The molecule has 1 aliphatic rings. The summed E-state index contributed by atoms with van der Waals surface area (Å²) in [5.74, 6) is -0.639. The molecule has 0 spiro atoms. The third kappa shape index (κ3) is 5.20. The van der Waals surface area contributed by atoms with Gasteiger partial charge in [0.2, 0.25) is 5.69 Å². The average Bonchev–Trinajstić information content (AvgIpc) is 3.29. The van der Waals surface area contributed by atoms with Crippen molar-refractivity contribution >= 4 is 11.9 Å². The lowest BCUT2D eigenvalue weighted by molar-refractivity contribution is 0.0481. The van der Waals surface area contributed by atoms with Crippen LogP contribution in [-0.4, -0.2) is 58.3 Å². The second kappa shape index (κ2) is 10.1. The fourth-order valence-corrected chi connectivity index (χ4v) is 3.27. The highest BCUT2D eigenvalue weighted by molar-refractivity contribution is 5.96. The van der Waals surface area contributed by atoms with E-state index in [2.05, 4.69) is 25.4 Å². The number of hydrogen-bond donors (Lipinski definition) is 1. The number of esters is 1. The minimum Gasteiger partial charge on any atom is -0.461 e. The first-order chi connectivity index (χ1) is 14.1. The van der Waals surface area contributed by atoms with Crippen molar-refractivity contribution in [3.8, 4) is 0 Å². The van der Waals surface area contributed by atoms with Crippen LogP contribution >= 0.6 is 0 Å². The van der Waals surface area contributed by atoms with Gasteiger partial charge in [-0.25, -0.2) is 9.42 Å². The van der Waals surface area contributed by atoms with E-state index in [1.807, 2.05) is 11.6 Å². The molecule has 29 heavy (non-hydrogen) atoms. The molecule has 0 saturated carbocycles. The second-order valence-corrected chi connectivity index (χ2v) is 6.86. The topological polar surface area (TPSA) is 121 Å². The monoisotopic (exact) mass is 405 g/mol. The molecule has 158 valence electrons. The highest BCUT2D eigenvalue weighted by atomic mass is 16.6. The van der Waals surface area contributed by atoms with Crippen molar-refractivity contribution in [2.24, 2.45) is 0 Å². The van der Waals surface area contributed by atoms with Gasteiger partial charge in [-0.15, -0.1) is 0 Å². The zero-order chi connectivity index (χ0) is 20.6. The van der Waals surface area contributed by atoms with Gasteiger partial charge in [0.05, 0.1) is 23.6 Å². The molecule has 0 saturated heterocycles. The summed E-state index contributed by atoms with van der Waals surface area (Å²) >= 11 is 0. The third-order valence-corrected chi connectivity index (χ3v) is 4.74. The second-order valence-electron chi connectivity index (χ2n) is 6.86. The number of ether oxygens (including phenoxy) is 2. The summed E-state index contributed by atoms with van der Waals surface area (Å²) in [6.45, 7) is 6.25. The predicted molar refractivity (Wildman–Crippen MR) is 102 cm³/mol. The molecule has 2 aromatic rings. The van der Waals surface area contributed by atoms with Crippen LogP contribution in [0.5, 0.6) is 0 Å². The Balaban J connectivity index is 1.66. The summed E-state index contributed by atoms with van der Waals surface area (Å²) in [5.41, 5.74) is 2.86.